The molecule has 4 unspecified atom stereocenters. The van der Waals surface area contributed by atoms with Crippen LogP contribution in [0.4, 0.5) is 0 Å². The predicted octanol–water partition coefficient (Wildman–Crippen LogP) is 6.75. The lowest BCUT2D eigenvalue weighted by Gasteiger charge is -2.28. The van der Waals surface area contributed by atoms with Crippen molar-refractivity contribution >= 4 is 18.2 Å². The molecule has 0 nitrogen and oxygen atoms in total. The van der Waals surface area contributed by atoms with E-state index in [4.69, 9.17) is 12.6 Å². The molecule has 0 amide bonds. The summed E-state index contributed by atoms with van der Waals surface area (Å²) < 4.78 is 0. The van der Waals surface area contributed by atoms with Gasteiger partial charge in [0.05, 0.1) is 0 Å². The Balaban J connectivity index is 1.57. The molecule has 0 aliphatic heterocycles. The van der Waals surface area contributed by atoms with Crippen molar-refractivity contribution in [3.63, 3.8) is 0 Å². The fourth-order valence-corrected chi connectivity index (χ4v) is 5.26. The van der Waals surface area contributed by atoms with E-state index < -0.39 is 0 Å². The zero-order valence-corrected chi connectivity index (χ0v) is 16.6. The molecule has 4 aliphatic rings. The van der Waals surface area contributed by atoms with Crippen LogP contribution in [-0.2, 0) is 0 Å². The van der Waals surface area contributed by atoms with Crippen molar-refractivity contribution in [1.29, 1.82) is 0 Å². The summed E-state index contributed by atoms with van der Waals surface area (Å²) in [5.41, 5.74) is 8.79. The normalized spacial score (nSPS) is 34.4. The molecular weight excluding hydrogens is 332 g/mol. The van der Waals surface area contributed by atoms with Crippen molar-refractivity contribution in [3.8, 4) is 0 Å². The van der Waals surface area contributed by atoms with Gasteiger partial charge in [-0.3, -0.25) is 0 Å². The molecular formula is C25H26S. The lowest BCUT2D eigenvalue weighted by Crippen LogP contribution is -2.14. The monoisotopic (exact) mass is 358 g/mol. The minimum absolute atomic E-state index is 0.391. The first-order chi connectivity index (χ1) is 12.5. The number of benzene rings is 1. The summed E-state index contributed by atoms with van der Waals surface area (Å²) in [6.45, 7) is 6.92. The van der Waals surface area contributed by atoms with Crippen LogP contribution < -0.4 is 0 Å². The molecule has 5 rings (SSSR count). The van der Waals surface area contributed by atoms with Gasteiger partial charge in [-0.15, -0.1) is 12.6 Å². The van der Waals surface area contributed by atoms with E-state index in [0.717, 1.165) is 16.7 Å². The molecule has 0 radical (unpaired) electrons. The molecule has 0 bridgehead atoms. The number of allylic oxidation sites excluding steroid dienone is 10. The zero-order valence-electron chi connectivity index (χ0n) is 15.7. The maximum Gasteiger partial charge on any atom is 0.0251 e. The van der Waals surface area contributed by atoms with Crippen LogP contribution in [0.2, 0.25) is 0 Å². The van der Waals surface area contributed by atoms with Crippen molar-refractivity contribution < 1.29 is 0 Å². The van der Waals surface area contributed by atoms with E-state index in [9.17, 15) is 0 Å². The second kappa shape index (κ2) is 5.89. The van der Waals surface area contributed by atoms with Crippen molar-refractivity contribution in [2.24, 2.45) is 23.7 Å². The summed E-state index contributed by atoms with van der Waals surface area (Å²) in [7, 11) is 0. The molecule has 1 fully saturated rings. The molecule has 0 heterocycles. The van der Waals surface area contributed by atoms with Gasteiger partial charge in [0, 0.05) is 10.8 Å². The van der Waals surface area contributed by atoms with E-state index in [0.29, 0.717) is 17.8 Å². The molecule has 0 N–H and O–H groups in total. The van der Waals surface area contributed by atoms with Crippen LogP contribution in [0.3, 0.4) is 0 Å². The maximum absolute atomic E-state index is 4.83. The number of rotatable bonds is 2. The van der Waals surface area contributed by atoms with Crippen molar-refractivity contribution in [1.82, 2.24) is 0 Å². The van der Waals surface area contributed by atoms with Gasteiger partial charge in [0.25, 0.3) is 0 Å². The van der Waals surface area contributed by atoms with Crippen LogP contribution in [-0.4, -0.2) is 0 Å². The van der Waals surface area contributed by atoms with E-state index in [1.807, 2.05) is 0 Å². The highest BCUT2D eigenvalue weighted by atomic mass is 32.1. The lowest BCUT2D eigenvalue weighted by atomic mass is 9.76. The highest BCUT2D eigenvalue weighted by molar-refractivity contribution is 7.80. The van der Waals surface area contributed by atoms with Crippen LogP contribution in [0.15, 0.2) is 76.3 Å². The molecule has 4 aliphatic carbocycles. The van der Waals surface area contributed by atoms with Crippen LogP contribution in [0.25, 0.3) is 5.57 Å². The van der Waals surface area contributed by atoms with Gasteiger partial charge in [-0.2, -0.15) is 0 Å². The molecule has 0 spiro atoms. The summed E-state index contributed by atoms with van der Waals surface area (Å²) in [5, 5.41) is 0. The van der Waals surface area contributed by atoms with E-state index >= 15 is 0 Å². The largest absolute Gasteiger partial charge is 0.143 e. The third-order valence-electron chi connectivity index (χ3n) is 6.98. The Morgan fingerprint density at radius 3 is 2.73 bits per heavy atom. The van der Waals surface area contributed by atoms with Gasteiger partial charge in [-0.05, 0) is 71.4 Å². The molecule has 1 aromatic carbocycles. The molecule has 0 saturated heterocycles. The average Bonchev–Trinajstić information content (AvgIpc) is 3.34. The van der Waals surface area contributed by atoms with E-state index in [-0.39, 0.29) is 0 Å². The molecule has 1 saturated carbocycles. The Hall–Kier alpha value is -1.73. The van der Waals surface area contributed by atoms with Crippen LogP contribution in [0.1, 0.15) is 44.2 Å². The number of thiol groups is 1. The minimum atomic E-state index is 0.391. The molecule has 1 aromatic rings. The topological polar surface area (TPSA) is 0 Å². The number of fused-ring (bicyclic) bond motifs is 3. The first-order valence-electron chi connectivity index (χ1n) is 9.86. The van der Waals surface area contributed by atoms with E-state index in [1.54, 1.807) is 11.1 Å². The summed E-state index contributed by atoms with van der Waals surface area (Å²) >= 11 is 4.83. The van der Waals surface area contributed by atoms with Gasteiger partial charge in [0.1, 0.15) is 0 Å². The Kier molecular flexibility index (Phi) is 3.72. The van der Waals surface area contributed by atoms with E-state index in [1.165, 1.54) is 28.7 Å². The van der Waals surface area contributed by atoms with Gasteiger partial charge < -0.3 is 0 Å². The van der Waals surface area contributed by atoms with Crippen molar-refractivity contribution in [3.05, 3.63) is 82.5 Å². The SMILES string of the molecule is CC1=CC(c2ccc(S)c(C3C=CC=CC4=C3C3CC43)c2)=CC(C)[C@@H]1C. The third kappa shape index (κ3) is 2.44. The van der Waals surface area contributed by atoms with Crippen molar-refractivity contribution in [2.45, 2.75) is 38.0 Å². The second-order valence-corrected chi connectivity index (χ2v) is 8.99. The fraction of sp³-hybridized carbons (Fsp3) is 0.360. The highest BCUT2D eigenvalue weighted by Gasteiger charge is 2.53. The summed E-state index contributed by atoms with van der Waals surface area (Å²) in [6.07, 6.45) is 15.3. The first kappa shape index (κ1) is 16.4. The molecule has 5 atom stereocenters. The third-order valence-corrected chi connectivity index (χ3v) is 7.38. The molecule has 1 heteroatoms. The number of hydrogen-bond donors (Lipinski definition) is 1. The summed E-state index contributed by atoms with van der Waals surface area (Å²) in [4.78, 5) is 1.11. The molecule has 0 aromatic heterocycles. The summed E-state index contributed by atoms with van der Waals surface area (Å²) in [6, 6.07) is 6.82. The zero-order chi connectivity index (χ0) is 18.0. The molecule has 26 heavy (non-hydrogen) atoms. The lowest BCUT2D eigenvalue weighted by molar-refractivity contribution is 0.525. The quantitative estimate of drug-likeness (QED) is 0.556. The summed E-state index contributed by atoms with van der Waals surface area (Å²) in [5.74, 6) is 3.29. The predicted molar refractivity (Wildman–Crippen MR) is 113 cm³/mol. The Labute approximate surface area is 162 Å². The van der Waals surface area contributed by atoms with Gasteiger partial charge in [0.2, 0.25) is 0 Å². The Morgan fingerprint density at radius 2 is 1.92 bits per heavy atom. The number of hydrogen-bond acceptors (Lipinski definition) is 1. The maximum atomic E-state index is 4.83. The van der Waals surface area contributed by atoms with Gasteiger partial charge in [0.15, 0.2) is 0 Å². The minimum Gasteiger partial charge on any atom is -0.143 e. The second-order valence-electron chi connectivity index (χ2n) is 8.51. The Bertz CT molecular complexity index is 937. The van der Waals surface area contributed by atoms with Crippen LogP contribution in [0.5, 0.6) is 0 Å². The fourth-order valence-electron chi connectivity index (χ4n) is 4.98. The van der Waals surface area contributed by atoms with Gasteiger partial charge in [-0.1, -0.05) is 67.5 Å². The Morgan fingerprint density at radius 1 is 1.08 bits per heavy atom. The van der Waals surface area contributed by atoms with Gasteiger partial charge in [-0.25, -0.2) is 0 Å². The highest BCUT2D eigenvalue weighted by Crippen LogP contribution is 2.64. The standard InChI is InChI=1S/C25H26S/c1-14-10-18(11-15(2)16(14)3)17-8-9-24(26)22(12-17)20-7-5-4-6-19-21-13-23(21)25(19)20/h4-12,14,16,20-21,23,26H,13H2,1-3H3/t14?,16-,20?,21?,23?/m0/s1. The average molecular weight is 359 g/mol. The first-order valence-corrected chi connectivity index (χ1v) is 10.3. The van der Waals surface area contributed by atoms with E-state index in [2.05, 4.69) is 75.4 Å². The smallest absolute Gasteiger partial charge is 0.0251 e. The van der Waals surface area contributed by atoms with Crippen molar-refractivity contribution in [2.75, 3.05) is 0 Å². The van der Waals surface area contributed by atoms with Crippen LogP contribution >= 0.6 is 12.6 Å². The molecule has 132 valence electrons. The van der Waals surface area contributed by atoms with Crippen LogP contribution in [0, 0.1) is 23.7 Å². The van der Waals surface area contributed by atoms with Gasteiger partial charge >= 0.3 is 0 Å².